The Hall–Kier alpha value is -0.980. The van der Waals surface area contributed by atoms with Crippen LogP contribution in [0.2, 0.25) is 0 Å². The molecule has 3 rings (SSSR count). The van der Waals surface area contributed by atoms with Crippen molar-refractivity contribution < 1.29 is 17.5 Å². The molecule has 0 spiro atoms. The Kier molecular flexibility index (Phi) is 3.79. The molecule has 1 saturated heterocycles. The van der Waals surface area contributed by atoms with E-state index in [0.717, 1.165) is 26.1 Å². The third-order valence-electron chi connectivity index (χ3n) is 4.02. The molecular formula is C14H18FNO3S. The normalized spacial score (nSPS) is 26.1. The summed E-state index contributed by atoms with van der Waals surface area (Å²) in [7, 11) is -3.26. The second-order valence-corrected chi connectivity index (χ2v) is 7.47. The molecule has 1 aromatic carbocycles. The van der Waals surface area contributed by atoms with Crippen molar-refractivity contribution in [3.05, 3.63) is 29.6 Å². The molecule has 0 aromatic heterocycles. The van der Waals surface area contributed by atoms with Gasteiger partial charge in [0.15, 0.2) is 9.84 Å². The van der Waals surface area contributed by atoms with Crippen molar-refractivity contribution >= 4 is 9.84 Å². The smallest absolute Gasteiger partial charge is 0.178 e. The minimum absolute atomic E-state index is 0.0904. The van der Waals surface area contributed by atoms with Crippen molar-refractivity contribution in [1.82, 2.24) is 5.32 Å². The number of fused-ring (bicyclic) bond motifs is 1. The highest BCUT2D eigenvalue weighted by atomic mass is 32.2. The average Bonchev–Trinajstić information content (AvgIpc) is 2.43. The number of nitrogens with one attached hydrogen (secondary N) is 1. The number of rotatable bonds is 2. The van der Waals surface area contributed by atoms with Crippen LogP contribution in [0.3, 0.4) is 0 Å². The van der Waals surface area contributed by atoms with E-state index < -0.39 is 9.84 Å². The fourth-order valence-corrected chi connectivity index (χ4v) is 4.54. The molecule has 2 aliphatic rings. The van der Waals surface area contributed by atoms with Gasteiger partial charge in [0.2, 0.25) is 0 Å². The molecule has 0 amide bonds. The van der Waals surface area contributed by atoms with Crippen molar-refractivity contribution in [3.63, 3.8) is 0 Å². The van der Waals surface area contributed by atoms with Crippen molar-refractivity contribution in [1.29, 1.82) is 0 Å². The molecule has 0 aliphatic carbocycles. The van der Waals surface area contributed by atoms with Crippen LogP contribution in [0, 0.1) is 5.82 Å². The first-order valence-corrected chi connectivity index (χ1v) is 8.57. The molecule has 6 heteroatoms. The Labute approximate surface area is 118 Å². The highest BCUT2D eigenvalue weighted by Gasteiger charge is 2.32. The molecule has 1 N–H and O–H groups in total. The third kappa shape index (κ3) is 2.73. The molecule has 0 bridgehead atoms. The van der Waals surface area contributed by atoms with Crippen molar-refractivity contribution in [2.45, 2.75) is 36.2 Å². The maximum atomic E-state index is 13.5. The van der Waals surface area contributed by atoms with E-state index in [1.807, 2.05) is 0 Å². The predicted molar refractivity (Wildman–Crippen MR) is 72.8 cm³/mol. The highest BCUT2D eigenvalue weighted by Crippen LogP contribution is 2.33. The molecule has 1 aromatic rings. The van der Waals surface area contributed by atoms with Gasteiger partial charge in [0.1, 0.15) is 5.82 Å². The topological polar surface area (TPSA) is 55.4 Å². The summed E-state index contributed by atoms with van der Waals surface area (Å²) in [5.41, 5.74) is 0.572. The lowest BCUT2D eigenvalue weighted by atomic mass is 10.0. The van der Waals surface area contributed by atoms with Crippen LogP contribution in [0.4, 0.5) is 4.39 Å². The fourth-order valence-electron chi connectivity index (χ4n) is 2.94. The van der Waals surface area contributed by atoms with Crippen LogP contribution in [-0.4, -0.2) is 33.4 Å². The lowest BCUT2D eigenvalue weighted by Gasteiger charge is -2.32. The summed E-state index contributed by atoms with van der Waals surface area (Å²) in [5, 5.41) is 3.47. The Morgan fingerprint density at radius 3 is 2.70 bits per heavy atom. The Morgan fingerprint density at radius 1 is 1.20 bits per heavy atom. The zero-order valence-electron chi connectivity index (χ0n) is 11.1. The first-order valence-electron chi connectivity index (χ1n) is 6.92. The number of ether oxygens (including phenoxy) is 1. The number of benzene rings is 1. The molecule has 110 valence electrons. The summed E-state index contributed by atoms with van der Waals surface area (Å²) in [5.74, 6) is -0.272. The SMILES string of the molecule is O=S1(=O)CCC(NC2CCOCC2)c2cc(F)ccc21. The van der Waals surface area contributed by atoms with Gasteiger partial charge in [-0.2, -0.15) is 0 Å². The molecule has 4 nitrogen and oxygen atoms in total. The minimum atomic E-state index is -3.26. The summed E-state index contributed by atoms with van der Waals surface area (Å²) < 4.78 is 42.9. The monoisotopic (exact) mass is 299 g/mol. The highest BCUT2D eigenvalue weighted by molar-refractivity contribution is 7.91. The van der Waals surface area contributed by atoms with E-state index in [2.05, 4.69) is 5.32 Å². The third-order valence-corrected chi connectivity index (χ3v) is 5.83. The summed E-state index contributed by atoms with van der Waals surface area (Å²) in [6, 6.07) is 4.17. The van der Waals surface area contributed by atoms with Crippen LogP contribution < -0.4 is 5.32 Å². The Morgan fingerprint density at radius 2 is 1.95 bits per heavy atom. The zero-order chi connectivity index (χ0) is 14.2. The van der Waals surface area contributed by atoms with Gasteiger partial charge < -0.3 is 10.1 Å². The molecular weight excluding hydrogens is 281 g/mol. The van der Waals surface area contributed by atoms with E-state index >= 15 is 0 Å². The number of hydrogen-bond donors (Lipinski definition) is 1. The Balaban J connectivity index is 1.88. The second-order valence-electron chi connectivity index (χ2n) is 5.40. The van der Waals surface area contributed by atoms with Crippen LogP contribution in [0.1, 0.15) is 30.9 Å². The predicted octanol–water partition coefficient (Wildman–Crippen LogP) is 1.81. The van der Waals surface area contributed by atoms with Crippen LogP contribution in [0.15, 0.2) is 23.1 Å². The van der Waals surface area contributed by atoms with Crippen LogP contribution in [0.25, 0.3) is 0 Å². The van der Waals surface area contributed by atoms with E-state index in [-0.39, 0.29) is 22.5 Å². The first-order chi connectivity index (χ1) is 9.56. The van der Waals surface area contributed by atoms with Gasteiger partial charge in [-0.05, 0) is 43.0 Å². The molecule has 1 unspecified atom stereocenters. The molecule has 0 saturated carbocycles. The van der Waals surface area contributed by atoms with Crippen LogP contribution in [-0.2, 0) is 14.6 Å². The van der Waals surface area contributed by atoms with E-state index in [1.54, 1.807) is 0 Å². The fraction of sp³-hybridized carbons (Fsp3) is 0.571. The van der Waals surface area contributed by atoms with Gasteiger partial charge in [0, 0.05) is 25.3 Å². The second kappa shape index (κ2) is 5.42. The van der Waals surface area contributed by atoms with E-state index in [9.17, 15) is 12.8 Å². The van der Waals surface area contributed by atoms with Gasteiger partial charge in [-0.25, -0.2) is 12.8 Å². The summed E-state index contributed by atoms with van der Waals surface area (Å²) in [6.45, 7) is 1.44. The zero-order valence-corrected chi connectivity index (χ0v) is 12.0. The number of hydrogen-bond acceptors (Lipinski definition) is 4. The average molecular weight is 299 g/mol. The van der Waals surface area contributed by atoms with Gasteiger partial charge in [-0.15, -0.1) is 0 Å². The molecule has 2 heterocycles. The minimum Gasteiger partial charge on any atom is -0.381 e. The summed E-state index contributed by atoms with van der Waals surface area (Å²) >= 11 is 0. The number of halogens is 1. The molecule has 1 fully saturated rings. The largest absolute Gasteiger partial charge is 0.381 e. The molecule has 2 aliphatic heterocycles. The lowest BCUT2D eigenvalue weighted by Crippen LogP contribution is -2.40. The van der Waals surface area contributed by atoms with E-state index in [1.165, 1.54) is 18.2 Å². The first kappa shape index (κ1) is 14.0. The van der Waals surface area contributed by atoms with Crippen molar-refractivity contribution in [2.24, 2.45) is 0 Å². The van der Waals surface area contributed by atoms with Gasteiger partial charge >= 0.3 is 0 Å². The maximum absolute atomic E-state index is 13.5. The van der Waals surface area contributed by atoms with Gasteiger partial charge in [-0.3, -0.25) is 0 Å². The molecule has 1 atom stereocenters. The lowest BCUT2D eigenvalue weighted by molar-refractivity contribution is 0.0745. The van der Waals surface area contributed by atoms with Crippen LogP contribution >= 0.6 is 0 Å². The van der Waals surface area contributed by atoms with E-state index in [4.69, 9.17) is 4.74 Å². The standard InChI is InChI=1S/C14H18FNO3S/c15-10-1-2-14-12(9-10)13(5-8-20(14,17)18)16-11-3-6-19-7-4-11/h1-2,9,11,13,16H,3-8H2. The van der Waals surface area contributed by atoms with Crippen molar-refractivity contribution in [3.8, 4) is 0 Å². The van der Waals surface area contributed by atoms with Crippen molar-refractivity contribution in [2.75, 3.05) is 19.0 Å². The quantitative estimate of drug-likeness (QED) is 0.846. The molecule has 20 heavy (non-hydrogen) atoms. The number of sulfone groups is 1. The maximum Gasteiger partial charge on any atom is 0.178 e. The van der Waals surface area contributed by atoms with Gasteiger partial charge in [-0.1, -0.05) is 0 Å². The van der Waals surface area contributed by atoms with Gasteiger partial charge in [0.05, 0.1) is 10.6 Å². The summed E-state index contributed by atoms with van der Waals surface area (Å²) in [4.78, 5) is 0.273. The van der Waals surface area contributed by atoms with Crippen LogP contribution in [0.5, 0.6) is 0 Å². The summed E-state index contributed by atoms with van der Waals surface area (Å²) in [6.07, 6.45) is 2.32. The molecule has 0 radical (unpaired) electrons. The van der Waals surface area contributed by atoms with Gasteiger partial charge in [0.25, 0.3) is 0 Å². The Bertz CT molecular complexity index is 596. The van der Waals surface area contributed by atoms with E-state index in [0.29, 0.717) is 18.0 Å².